The van der Waals surface area contributed by atoms with Gasteiger partial charge in [-0.3, -0.25) is 14.9 Å². The Morgan fingerprint density at radius 1 is 1.38 bits per heavy atom. The molecule has 2 aliphatic heterocycles. The largest absolute Gasteiger partial charge is 0.452 e. The van der Waals surface area contributed by atoms with Crippen molar-refractivity contribution in [2.75, 3.05) is 7.11 Å². The summed E-state index contributed by atoms with van der Waals surface area (Å²) in [5, 5.41) is 1.94. The molecule has 1 fully saturated rings. The molecule has 2 aliphatic rings. The van der Waals surface area contributed by atoms with Crippen LogP contribution in [0.15, 0.2) is 30.0 Å². The summed E-state index contributed by atoms with van der Waals surface area (Å²) in [6.45, 7) is 0. The SMILES string of the molecule is COC(=O)N1C(=O)NC(=O)C12C=C(C(N)=O)Oc1ccc(F)cc12. The number of amides is 5. The lowest BCUT2D eigenvalue weighted by molar-refractivity contribution is -0.125. The van der Waals surface area contributed by atoms with E-state index in [2.05, 4.69) is 4.74 Å². The highest BCUT2D eigenvalue weighted by Crippen LogP contribution is 2.44. The van der Waals surface area contributed by atoms with Gasteiger partial charge in [0.05, 0.1) is 7.11 Å². The molecule has 0 aliphatic carbocycles. The lowest BCUT2D eigenvalue weighted by Gasteiger charge is -2.34. The second-order valence-corrected chi connectivity index (χ2v) is 4.95. The van der Waals surface area contributed by atoms with Crippen LogP contribution in [0.5, 0.6) is 5.75 Å². The minimum Gasteiger partial charge on any atom is -0.452 e. The monoisotopic (exact) mass is 335 g/mol. The van der Waals surface area contributed by atoms with Gasteiger partial charge in [-0.1, -0.05) is 0 Å². The van der Waals surface area contributed by atoms with Crippen molar-refractivity contribution in [3.05, 3.63) is 41.4 Å². The number of carbonyl (C=O) groups is 4. The van der Waals surface area contributed by atoms with Crippen LogP contribution in [0, 0.1) is 5.82 Å². The van der Waals surface area contributed by atoms with E-state index in [1.54, 1.807) is 0 Å². The lowest BCUT2D eigenvalue weighted by Crippen LogP contribution is -2.51. The molecule has 1 unspecified atom stereocenters. The van der Waals surface area contributed by atoms with Crippen molar-refractivity contribution in [1.29, 1.82) is 0 Å². The van der Waals surface area contributed by atoms with Gasteiger partial charge in [-0.05, 0) is 18.2 Å². The van der Waals surface area contributed by atoms with Crippen LogP contribution in [0.3, 0.4) is 0 Å². The fraction of sp³-hybridized carbons (Fsp3) is 0.143. The molecule has 3 N–H and O–H groups in total. The highest BCUT2D eigenvalue weighted by atomic mass is 19.1. The first-order valence-corrected chi connectivity index (χ1v) is 6.55. The third-order valence-electron chi connectivity index (χ3n) is 3.63. The van der Waals surface area contributed by atoms with Crippen molar-refractivity contribution in [3.63, 3.8) is 0 Å². The van der Waals surface area contributed by atoms with Crippen LogP contribution in [0.25, 0.3) is 0 Å². The van der Waals surface area contributed by atoms with E-state index in [0.29, 0.717) is 4.90 Å². The first-order chi connectivity index (χ1) is 11.3. The number of fused-ring (bicyclic) bond motifs is 2. The summed E-state index contributed by atoms with van der Waals surface area (Å²) in [6.07, 6.45) is -0.301. The number of primary amides is 1. The number of imide groups is 2. The minimum atomic E-state index is -2.15. The molecule has 2 heterocycles. The number of nitrogens with one attached hydrogen (secondary N) is 1. The van der Waals surface area contributed by atoms with Gasteiger partial charge in [-0.15, -0.1) is 0 Å². The number of hydrogen-bond acceptors (Lipinski definition) is 6. The Morgan fingerprint density at radius 3 is 2.71 bits per heavy atom. The van der Waals surface area contributed by atoms with Crippen LogP contribution in [0.1, 0.15) is 5.56 Å². The van der Waals surface area contributed by atoms with Crippen molar-refractivity contribution in [3.8, 4) is 5.75 Å². The zero-order chi connectivity index (χ0) is 17.6. The van der Waals surface area contributed by atoms with Gasteiger partial charge < -0.3 is 15.2 Å². The summed E-state index contributed by atoms with van der Waals surface area (Å²) >= 11 is 0. The van der Waals surface area contributed by atoms with Gasteiger partial charge in [0.2, 0.25) is 0 Å². The number of halogens is 1. The zero-order valence-corrected chi connectivity index (χ0v) is 12.2. The van der Waals surface area contributed by atoms with Crippen LogP contribution in [-0.2, 0) is 19.9 Å². The van der Waals surface area contributed by atoms with Gasteiger partial charge in [0, 0.05) is 11.6 Å². The molecule has 10 heteroatoms. The Hall–Kier alpha value is -3.43. The minimum absolute atomic E-state index is 0.105. The Kier molecular flexibility index (Phi) is 3.25. The second kappa shape index (κ2) is 5.05. The first-order valence-electron chi connectivity index (χ1n) is 6.55. The smallest absolute Gasteiger partial charge is 0.419 e. The van der Waals surface area contributed by atoms with Crippen molar-refractivity contribution in [2.24, 2.45) is 5.73 Å². The first kappa shape index (κ1) is 15.5. The van der Waals surface area contributed by atoms with Crippen LogP contribution < -0.4 is 15.8 Å². The molecule has 0 saturated carbocycles. The van der Waals surface area contributed by atoms with E-state index in [1.165, 1.54) is 0 Å². The quantitative estimate of drug-likeness (QED) is 0.701. The van der Waals surface area contributed by atoms with Gasteiger partial charge in [0.25, 0.3) is 11.8 Å². The summed E-state index contributed by atoms with van der Waals surface area (Å²) in [4.78, 5) is 48.5. The molecule has 1 atom stereocenters. The van der Waals surface area contributed by atoms with Crippen molar-refractivity contribution in [1.82, 2.24) is 10.2 Å². The van der Waals surface area contributed by atoms with Gasteiger partial charge in [-0.25, -0.2) is 18.9 Å². The van der Waals surface area contributed by atoms with Crippen LogP contribution in [-0.4, -0.2) is 35.9 Å². The molecule has 9 nitrogen and oxygen atoms in total. The predicted octanol–water partition coefficient (Wildman–Crippen LogP) is 0.101. The molecule has 1 aromatic carbocycles. The molecular formula is C14H10FN3O6. The standard InChI is InChI=1S/C14H10FN3O6/c1-23-13(22)18-12(21)17-11(20)14(18)5-9(10(16)19)24-8-3-2-6(15)4-7(8)14/h2-5H,1H3,(H2,16,19)(H,17,20,21). The van der Waals surface area contributed by atoms with Gasteiger partial charge in [0.1, 0.15) is 11.6 Å². The Morgan fingerprint density at radius 2 is 2.08 bits per heavy atom. The average molecular weight is 335 g/mol. The van der Waals surface area contributed by atoms with Crippen LogP contribution in [0.2, 0.25) is 0 Å². The topological polar surface area (TPSA) is 128 Å². The highest BCUT2D eigenvalue weighted by molar-refractivity contribution is 6.15. The maximum Gasteiger partial charge on any atom is 0.419 e. The van der Waals surface area contributed by atoms with Crippen LogP contribution >= 0.6 is 0 Å². The van der Waals surface area contributed by atoms with E-state index in [1.807, 2.05) is 5.32 Å². The highest BCUT2D eigenvalue weighted by Gasteiger charge is 2.60. The zero-order valence-electron chi connectivity index (χ0n) is 12.2. The molecule has 0 aromatic heterocycles. The fourth-order valence-corrected chi connectivity index (χ4v) is 2.63. The second-order valence-electron chi connectivity index (χ2n) is 4.95. The van der Waals surface area contributed by atoms with E-state index in [9.17, 15) is 23.6 Å². The fourth-order valence-electron chi connectivity index (χ4n) is 2.63. The Labute approximate surface area is 133 Å². The summed E-state index contributed by atoms with van der Waals surface area (Å²) < 4.78 is 23.4. The number of rotatable bonds is 1. The molecule has 5 amide bonds. The van der Waals surface area contributed by atoms with Crippen molar-refractivity contribution >= 4 is 23.9 Å². The number of hydrogen-bond donors (Lipinski definition) is 2. The molecule has 0 radical (unpaired) electrons. The third kappa shape index (κ3) is 1.93. The number of ether oxygens (including phenoxy) is 2. The number of benzene rings is 1. The number of nitrogens with zero attached hydrogens (tertiary/aromatic N) is 1. The van der Waals surface area contributed by atoms with Gasteiger partial charge in [0.15, 0.2) is 11.3 Å². The molecule has 1 aromatic rings. The van der Waals surface area contributed by atoms with E-state index in [-0.39, 0.29) is 11.3 Å². The summed E-state index contributed by atoms with van der Waals surface area (Å²) in [5.74, 6) is -3.35. The molecule has 0 bridgehead atoms. The molecule has 1 saturated heterocycles. The third-order valence-corrected chi connectivity index (χ3v) is 3.63. The molecular weight excluding hydrogens is 325 g/mol. The predicted molar refractivity (Wildman–Crippen MR) is 73.8 cm³/mol. The molecule has 124 valence electrons. The van der Waals surface area contributed by atoms with Crippen molar-refractivity contribution < 1.29 is 33.0 Å². The van der Waals surface area contributed by atoms with Crippen molar-refractivity contribution in [2.45, 2.75) is 5.54 Å². The Bertz CT molecular complexity index is 836. The molecule has 24 heavy (non-hydrogen) atoms. The number of urea groups is 1. The number of carbonyl (C=O) groups excluding carboxylic acids is 4. The number of nitrogens with two attached hydrogens (primary N) is 1. The van der Waals surface area contributed by atoms with Gasteiger partial charge >= 0.3 is 12.1 Å². The van der Waals surface area contributed by atoms with Crippen LogP contribution in [0.4, 0.5) is 14.0 Å². The summed E-state index contributed by atoms with van der Waals surface area (Å²) in [5.41, 5.74) is 2.88. The molecule has 1 spiro atoms. The summed E-state index contributed by atoms with van der Waals surface area (Å²) in [6, 6.07) is 1.99. The maximum absolute atomic E-state index is 13.7. The number of methoxy groups -OCH3 is 1. The normalized spacial score (nSPS) is 21.8. The maximum atomic E-state index is 13.7. The van der Waals surface area contributed by atoms with Gasteiger partial charge in [-0.2, -0.15) is 0 Å². The Balaban J connectivity index is 2.35. The van der Waals surface area contributed by atoms with E-state index >= 15 is 0 Å². The van der Waals surface area contributed by atoms with E-state index in [0.717, 1.165) is 31.4 Å². The summed E-state index contributed by atoms with van der Waals surface area (Å²) in [7, 11) is 0.997. The lowest BCUT2D eigenvalue weighted by atomic mass is 9.85. The average Bonchev–Trinajstić information content (AvgIpc) is 2.78. The van der Waals surface area contributed by atoms with E-state index < -0.39 is 41.1 Å². The van der Waals surface area contributed by atoms with E-state index in [4.69, 9.17) is 10.5 Å². The molecule has 3 rings (SSSR count).